The summed E-state index contributed by atoms with van der Waals surface area (Å²) >= 11 is 0. The van der Waals surface area contributed by atoms with Gasteiger partial charge in [-0.25, -0.2) is 14.4 Å². The zero-order chi connectivity index (χ0) is 37.0. The molecular weight excluding hydrogens is 692 g/mol. The van der Waals surface area contributed by atoms with Crippen LogP contribution < -0.4 is 21.3 Å². The molecule has 294 valence electrons. The van der Waals surface area contributed by atoms with E-state index in [4.69, 9.17) is 33.2 Å². The SMILES string of the molecule is C[C@@H]1NC(=O)NC1CCCCCC(=O)NCCOCCOCCNC(=O)OCCC[C@]12O[C@H]1[C@@H]1O[C@]13[C@]1(O[C@H]1CC1C4=C(CC[C@@]13C)C(=O)OC4)[C@@H]2O. The van der Waals surface area contributed by atoms with Crippen molar-refractivity contribution in [1.29, 1.82) is 0 Å². The van der Waals surface area contributed by atoms with Gasteiger partial charge in [-0.3, -0.25) is 4.79 Å². The summed E-state index contributed by atoms with van der Waals surface area (Å²) in [4.78, 5) is 47.9. The second-order valence-corrected chi connectivity index (χ2v) is 16.2. The summed E-state index contributed by atoms with van der Waals surface area (Å²) in [6.07, 6.45) is 5.31. The number of hydrogen-bond donors (Lipinski definition) is 5. The Labute approximate surface area is 309 Å². The van der Waals surface area contributed by atoms with E-state index in [0.717, 1.165) is 49.7 Å². The van der Waals surface area contributed by atoms with Crippen molar-refractivity contribution in [2.75, 3.05) is 52.7 Å². The number of amides is 4. The average Bonchev–Trinajstić information content (AvgIpc) is 4.07. The Morgan fingerprint density at radius 2 is 1.74 bits per heavy atom. The molecule has 0 aromatic rings. The summed E-state index contributed by atoms with van der Waals surface area (Å²) in [7, 11) is 0. The van der Waals surface area contributed by atoms with Crippen LogP contribution in [0.2, 0.25) is 0 Å². The van der Waals surface area contributed by atoms with Crippen molar-refractivity contribution in [3.05, 3.63) is 11.1 Å². The molecule has 0 radical (unpaired) electrons. The first-order valence-electron chi connectivity index (χ1n) is 19.6. The van der Waals surface area contributed by atoms with Crippen molar-refractivity contribution >= 4 is 24.0 Å². The standard InChI is InChI=1S/C37H54N4O12/c1-21-25(41-32(45)40-21)7-4-3-5-8-27(42)38-12-15-47-17-18-48-16-13-39-33(46)49-14-6-10-35-28(52-35)29-37(53-29)34(2)11-9-22-23(20-50-30(22)43)24(34)19-26-36(37,51-26)31(35)44/h21,24-26,28-29,31,44H,3-20H2,1-2H3,(H,38,42)(H,39,46)(H2,40,41,45)/t21-,24?,25?,26-,28-,29-,31+,34-,35-,36+,37+/m0/s1. The zero-order valence-corrected chi connectivity index (χ0v) is 30.7. The molecule has 2 saturated carbocycles. The Kier molecular flexibility index (Phi) is 9.92. The lowest BCUT2D eigenvalue weighted by Gasteiger charge is -2.53. The van der Waals surface area contributed by atoms with Gasteiger partial charge in [0.2, 0.25) is 5.91 Å². The van der Waals surface area contributed by atoms with E-state index >= 15 is 0 Å². The average molecular weight is 747 g/mol. The third kappa shape index (κ3) is 6.21. The predicted molar refractivity (Wildman–Crippen MR) is 183 cm³/mol. The molecule has 2 unspecified atom stereocenters. The first-order chi connectivity index (χ1) is 25.6. The van der Waals surface area contributed by atoms with Crippen LogP contribution in [0.1, 0.15) is 78.1 Å². The second kappa shape index (κ2) is 14.2. The maximum absolute atomic E-state index is 12.3. The molecule has 5 aliphatic heterocycles. The first-order valence-corrected chi connectivity index (χ1v) is 19.6. The third-order valence-electron chi connectivity index (χ3n) is 13.4. The number of hydrogen-bond acceptors (Lipinski definition) is 12. The number of carbonyl (C=O) groups is 4. The zero-order valence-electron chi connectivity index (χ0n) is 30.7. The molecule has 6 fully saturated rings. The van der Waals surface area contributed by atoms with Gasteiger partial charge >= 0.3 is 18.1 Å². The van der Waals surface area contributed by atoms with E-state index in [0.29, 0.717) is 65.3 Å². The number of ether oxygens (including phenoxy) is 7. The molecule has 5 heterocycles. The molecule has 8 rings (SSSR count). The molecule has 53 heavy (non-hydrogen) atoms. The maximum Gasteiger partial charge on any atom is 0.407 e. The summed E-state index contributed by atoms with van der Waals surface area (Å²) in [6, 6.07) is 0.190. The Hall–Kier alpha value is -3.02. The van der Waals surface area contributed by atoms with Gasteiger partial charge in [-0.1, -0.05) is 19.8 Å². The van der Waals surface area contributed by atoms with Crippen LogP contribution in [0.5, 0.6) is 0 Å². The minimum absolute atomic E-state index is 0.00188. The number of epoxide rings is 3. The number of urea groups is 1. The number of cyclic esters (lactones) is 1. The topological polar surface area (TPSA) is 211 Å². The molecule has 3 aliphatic carbocycles. The molecule has 16 nitrogen and oxygen atoms in total. The third-order valence-corrected chi connectivity index (χ3v) is 13.4. The number of alkyl carbamates (subject to hydrolysis) is 1. The number of esters is 1. The highest BCUT2D eigenvalue weighted by Crippen LogP contribution is 2.82. The van der Waals surface area contributed by atoms with Gasteiger partial charge in [-0.15, -0.1) is 0 Å². The van der Waals surface area contributed by atoms with E-state index in [9.17, 15) is 24.3 Å². The van der Waals surface area contributed by atoms with E-state index < -0.39 is 29.0 Å². The predicted octanol–water partition coefficient (Wildman–Crippen LogP) is 1.12. The van der Waals surface area contributed by atoms with Crippen molar-refractivity contribution in [2.24, 2.45) is 11.3 Å². The Bertz CT molecular complexity index is 1510. The van der Waals surface area contributed by atoms with Crippen LogP contribution in [-0.2, 0) is 42.7 Å². The smallest absolute Gasteiger partial charge is 0.407 e. The fraction of sp³-hybridized carbons (Fsp3) is 0.838. The summed E-state index contributed by atoms with van der Waals surface area (Å²) in [5.41, 5.74) is -0.604. The van der Waals surface area contributed by atoms with E-state index in [2.05, 4.69) is 28.2 Å². The highest BCUT2D eigenvalue weighted by molar-refractivity contribution is 5.92. The van der Waals surface area contributed by atoms with Gasteiger partial charge in [-0.05, 0) is 63.4 Å². The van der Waals surface area contributed by atoms with Crippen LogP contribution in [-0.4, -0.2) is 135 Å². The molecule has 5 N–H and O–H groups in total. The monoisotopic (exact) mass is 746 g/mol. The molecule has 2 spiro atoms. The number of aliphatic hydroxyl groups excluding tert-OH is 1. The molecule has 16 heteroatoms. The number of rotatable bonds is 19. The lowest BCUT2D eigenvalue weighted by atomic mass is 9.47. The van der Waals surface area contributed by atoms with Crippen LogP contribution in [0.3, 0.4) is 0 Å². The highest BCUT2D eigenvalue weighted by atomic mass is 16.7. The highest BCUT2D eigenvalue weighted by Gasteiger charge is 3.00. The number of carbonyl (C=O) groups excluding carboxylic acids is 4. The van der Waals surface area contributed by atoms with Crippen LogP contribution in [0.25, 0.3) is 0 Å². The fourth-order valence-corrected chi connectivity index (χ4v) is 10.6. The first kappa shape index (κ1) is 36.9. The van der Waals surface area contributed by atoms with Gasteiger partial charge < -0.3 is 59.5 Å². The Morgan fingerprint density at radius 3 is 2.51 bits per heavy atom. The number of fused-ring (bicyclic) bond motifs is 4. The van der Waals surface area contributed by atoms with Gasteiger partial charge in [0, 0.05) is 36.5 Å². The minimum atomic E-state index is -0.852. The van der Waals surface area contributed by atoms with E-state index in [1.54, 1.807) is 0 Å². The Morgan fingerprint density at radius 1 is 0.943 bits per heavy atom. The summed E-state index contributed by atoms with van der Waals surface area (Å²) in [5.74, 6) is -0.0767. The quantitative estimate of drug-likeness (QED) is 0.0716. The van der Waals surface area contributed by atoms with Crippen LogP contribution >= 0.6 is 0 Å². The summed E-state index contributed by atoms with van der Waals surface area (Å²) < 4.78 is 41.1. The lowest BCUT2D eigenvalue weighted by molar-refractivity contribution is -0.136. The van der Waals surface area contributed by atoms with E-state index in [1.165, 1.54) is 0 Å². The lowest BCUT2D eigenvalue weighted by Crippen LogP contribution is -2.68. The van der Waals surface area contributed by atoms with Crippen molar-refractivity contribution in [3.8, 4) is 0 Å². The molecule has 8 aliphatic rings. The van der Waals surface area contributed by atoms with Crippen LogP contribution in [0, 0.1) is 11.3 Å². The van der Waals surface area contributed by atoms with Gasteiger partial charge in [0.1, 0.15) is 36.1 Å². The van der Waals surface area contributed by atoms with E-state index in [-0.39, 0.29) is 72.8 Å². The van der Waals surface area contributed by atoms with Gasteiger partial charge in [-0.2, -0.15) is 0 Å². The van der Waals surface area contributed by atoms with Crippen molar-refractivity contribution in [3.63, 3.8) is 0 Å². The summed E-state index contributed by atoms with van der Waals surface area (Å²) in [5, 5.41) is 23.1. The molecular formula is C37H54N4O12. The van der Waals surface area contributed by atoms with Gasteiger partial charge in [0.25, 0.3) is 0 Å². The minimum Gasteiger partial charge on any atom is -0.458 e. The molecule has 11 atom stereocenters. The normalized spacial score (nSPS) is 40.6. The fourth-order valence-electron chi connectivity index (χ4n) is 10.6. The van der Waals surface area contributed by atoms with Crippen LogP contribution in [0.4, 0.5) is 9.59 Å². The number of unbranched alkanes of at least 4 members (excludes halogenated alkanes) is 2. The van der Waals surface area contributed by atoms with Gasteiger partial charge in [0.15, 0.2) is 5.60 Å². The van der Waals surface area contributed by atoms with Gasteiger partial charge in [0.05, 0.1) is 45.2 Å². The van der Waals surface area contributed by atoms with Crippen molar-refractivity contribution < 1.29 is 57.4 Å². The maximum atomic E-state index is 12.3. The largest absolute Gasteiger partial charge is 0.458 e. The number of nitrogens with one attached hydrogen (secondary N) is 4. The van der Waals surface area contributed by atoms with Crippen LogP contribution in [0.15, 0.2) is 11.1 Å². The molecule has 4 amide bonds. The molecule has 0 bridgehead atoms. The molecule has 0 aromatic heterocycles. The van der Waals surface area contributed by atoms with E-state index in [1.807, 2.05) is 6.92 Å². The second-order valence-electron chi connectivity index (χ2n) is 16.2. The summed E-state index contributed by atoms with van der Waals surface area (Å²) in [6.45, 7) is 6.87. The van der Waals surface area contributed by atoms with Crippen molar-refractivity contribution in [1.82, 2.24) is 21.3 Å². The molecule has 0 aromatic carbocycles. The molecule has 4 saturated heterocycles. The van der Waals surface area contributed by atoms with Crippen molar-refractivity contribution in [2.45, 2.75) is 131 Å². The Balaban J connectivity index is 0.648. The number of aliphatic hydroxyl groups is 1.